The molecule has 1 rings (SSSR count). The highest BCUT2D eigenvalue weighted by molar-refractivity contribution is 5.36. The molecule has 0 aromatic heterocycles. The highest BCUT2D eigenvalue weighted by atomic mass is 14.9. The predicted molar refractivity (Wildman–Crippen MR) is 44.7 cm³/mol. The Morgan fingerprint density at radius 1 is 1.60 bits per heavy atom. The van der Waals surface area contributed by atoms with Crippen molar-refractivity contribution in [1.82, 2.24) is 5.32 Å². The van der Waals surface area contributed by atoms with E-state index in [0.717, 1.165) is 6.54 Å². The molecule has 0 fully saturated rings. The average Bonchev–Trinajstić information content (AvgIpc) is 1.94. The van der Waals surface area contributed by atoms with Crippen LogP contribution in [0.25, 0.3) is 0 Å². The molecule has 1 aliphatic rings. The number of hydrogen-bond donors (Lipinski definition) is 1. The van der Waals surface area contributed by atoms with Crippen LogP contribution in [0.5, 0.6) is 0 Å². The lowest BCUT2D eigenvalue weighted by molar-refractivity contribution is 0.880. The van der Waals surface area contributed by atoms with Crippen LogP contribution >= 0.6 is 0 Å². The van der Waals surface area contributed by atoms with E-state index in [1.165, 1.54) is 11.3 Å². The molecular weight excluding hydrogens is 122 g/mol. The monoisotopic (exact) mass is 135 g/mol. The molecule has 0 radical (unpaired) electrons. The van der Waals surface area contributed by atoms with Crippen LogP contribution in [-0.2, 0) is 0 Å². The Kier molecular flexibility index (Phi) is 2.32. The van der Waals surface area contributed by atoms with E-state index in [-0.39, 0.29) is 0 Å². The summed E-state index contributed by atoms with van der Waals surface area (Å²) >= 11 is 0. The van der Waals surface area contributed by atoms with Crippen LogP contribution in [0.1, 0.15) is 13.8 Å². The molecule has 0 unspecified atom stereocenters. The van der Waals surface area contributed by atoms with E-state index in [1.54, 1.807) is 0 Å². The van der Waals surface area contributed by atoms with Crippen molar-refractivity contribution in [3.05, 3.63) is 35.6 Å². The van der Waals surface area contributed by atoms with Gasteiger partial charge in [-0.25, -0.2) is 0 Å². The van der Waals surface area contributed by atoms with Crippen molar-refractivity contribution in [3.8, 4) is 0 Å². The fraction of sp³-hybridized carbons (Fsp3) is 0.333. The number of dihydropyridines is 1. The smallest absolute Gasteiger partial charge is 0.0331 e. The van der Waals surface area contributed by atoms with E-state index in [4.69, 9.17) is 0 Å². The Morgan fingerprint density at radius 3 is 3.00 bits per heavy atom. The van der Waals surface area contributed by atoms with Gasteiger partial charge in [0.1, 0.15) is 0 Å². The summed E-state index contributed by atoms with van der Waals surface area (Å²) in [6.45, 7) is 5.09. The summed E-state index contributed by atoms with van der Waals surface area (Å²) in [7, 11) is 0. The first kappa shape index (κ1) is 7.13. The molecule has 1 heteroatoms. The first-order valence-electron chi connectivity index (χ1n) is 3.58. The van der Waals surface area contributed by atoms with Crippen molar-refractivity contribution in [2.45, 2.75) is 13.8 Å². The van der Waals surface area contributed by atoms with Crippen LogP contribution in [0.15, 0.2) is 35.6 Å². The molecule has 0 bridgehead atoms. The van der Waals surface area contributed by atoms with Gasteiger partial charge in [-0.3, -0.25) is 0 Å². The molecule has 1 aliphatic heterocycles. The lowest BCUT2D eigenvalue weighted by atomic mass is 10.1. The Balaban J connectivity index is 2.79. The molecule has 0 saturated carbocycles. The molecule has 0 saturated heterocycles. The topological polar surface area (TPSA) is 12.0 Å². The molecule has 0 amide bonds. The molecule has 1 nitrogen and oxygen atoms in total. The minimum atomic E-state index is 0.965. The predicted octanol–water partition coefficient (Wildman–Crippen LogP) is 2.00. The summed E-state index contributed by atoms with van der Waals surface area (Å²) in [6, 6.07) is 0. The zero-order valence-corrected chi connectivity index (χ0v) is 6.52. The second-order valence-electron chi connectivity index (χ2n) is 2.36. The molecule has 1 N–H and O–H groups in total. The Labute approximate surface area is 62.1 Å². The third-order valence-corrected chi connectivity index (χ3v) is 1.56. The van der Waals surface area contributed by atoms with Gasteiger partial charge < -0.3 is 5.32 Å². The van der Waals surface area contributed by atoms with E-state index < -0.39 is 0 Å². The van der Waals surface area contributed by atoms with Crippen LogP contribution in [0.2, 0.25) is 0 Å². The highest BCUT2D eigenvalue weighted by Crippen LogP contribution is 2.08. The molecule has 0 atom stereocenters. The van der Waals surface area contributed by atoms with Gasteiger partial charge in [-0.1, -0.05) is 24.3 Å². The SMILES string of the molecule is C/C=C\C1=C(C)NCC=C1. The molecule has 0 aliphatic carbocycles. The second kappa shape index (κ2) is 3.25. The standard InChI is InChI=1S/C9H13N/c1-3-5-9-6-4-7-10-8(9)2/h3-6,10H,7H2,1-2H3/b5-3-. The number of allylic oxidation sites excluding steroid dienone is 5. The lowest BCUT2D eigenvalue weighted by Gasteiger charge is -2.10. The second-order valence-corrected chi connectivity index (χ2v) is 2.36. The highest BCUT2D eigenvalue weighted by Gasteiger charge is 1.97. The van der Waals surface area contributed by atoms with Crippen LogP contribution in [0.3, 0.4) is 0 Å². The Hall–Kier alpha value is -0.980. The zero-order valence-electron chi connectivity index (χ0n) is 6.52. The van der Waals surface area contributed by atoms with E-state index >= 15 is 0 Å². The fourth-order valence-corrected chi connectivity index (χ4v) is 0.985. The Bertz CT molecular complexity index is 193. The summed E-state index contributed by atoms with van der Waals surface area (Å²) in [6.07, 6.45) is 8.43. The molecule has 54 valence electrons. The van der Waals surface area contributed by atoms with Crippen molar-refractivity contribution < 1.29 is 0 Å². The van der Waals surface area contributed by atoms with Crippen molar-refractivity contribution >= 4 is 0 Å². The van der Waals surface area contributed by atoms with Crippen molar-refractivity contribution in [2.24, 2.45) is 0 Å². The average molecular weight is 135 g/mol. The Morgan fingerprint density at radius 2 is 2.40 bits per heavy atom. The van der Waals surface area contributed by atoms with Crippen LogP contribution in [0.4, 0.5) is 0 Å². The minimum Gasteiger partial charge on any atom is -0.385 e. The van der Waals surface area contributed by atoms with Gasteiger partial charge in [0.2, 0.25) is 0 Å². The molecule has 0 aromatic rings. The number of hydrogen-bond acceptors (Lipinski definition) is 1. The third-order valence-electron chi connectivity index (χ3n) is 1.56. The van der Waals surface area contributed by atoms with Crippen LogP contribution in [-0.4, -0.2) is 6.54 Å². The van der Waals surface area contributed by atoms with E-state index in [9.17, 15) is 0 Å². The normalized spacial score (nSPS) is 18.2. The third kappa shape index (κ3) is 1.50. The number of nitrogens with one attached hydrogen (secondary N) is 1. The molecule has 10 heavy (non-hydrogen) atoms. The molecular formula is C9H13N. The first-order valence-corrected chi connectivity index (χ1v) is 3.58. The van der Waals surface area contributed by atoms with E-state index in [0.29, 0.717) is 0 Å². The summed E-state index contributed by atoms with van der Waals surface area (Å²) in [4.78, 5) is 0. The summed E-state index contributed by atoms with van der Waals surface area (Å²) in [5, 5.41) is 3.26. The van der Waals surface area contributed by atoms with E-state index in [2.05, 4.69) is 36.5 Å². The van der Waals surface area contributed by atoms with Gasteiger partial charge >= 0.3 is 0 Å². The number of rotatable bonds is 1. The maximum absolute atomic E-state index is 3.26. The summed E-state index contributed by atoms with van der Waals surface area (Å²) in [5.41, 5.74) is 2.55. The molecule has 0 aromatic carbocycles. The largest absolute Gasteiger partial charge is 0.385 e. The van der Waals surface area contributed by atoms with E-state index in [1.807, 2.05) is 6.92 Å². The first-order chi connectivity index (χ1) is 4.84. The van der Waals surface area contributed by atoms with Gasteiger partial charge in [-0.15, -0.1) is 0 Å². The fourth-order valence-electron chi connectivity index (χ4n) is 0.985. The van der Waals surface area contributed by atoms with Crippen LogP contribution in [0, 0.1) is 0 Å². The summed E-state index contributed by atoms with van der Waals surface area (Å²) in [5.74, 6) is 0. The maximum Gasteiger partial charge on any atom is 0.0331 e. The van der Waals surface area contributed by atoms with Gasteiger partial charge in [-0.05, 0) is 19.4 Å². The van der Waals surface area contributed by atoms with Gasteiger partial charge in [0, 0.05) is 12.2 Å². The van der Waals surface area contributed by atoms with Crippen molar-refractivity contribution in [3.63, 3.8) is 0 Å². The van der Waals surface area contributed by atoms with Gasteiger partial charge in [-0.2, -0.15) is 0 Å². The maximum atomic E-state index is 3.26. The van der Waals surface area contributed by atoms with Crippen molar-refractivity contribution in [1.29, 1.82) is 0 Å². The van der Waals surface area contributed by atoms with Crippen LogP contribution < -0.4 is 5.32 Å². The lowest BCUT2D eigenvalue weighted by Crippen LogP contribution is -2.15. The molecule has 1 heterocycles. The van der Waals surface area contributed by atoms with Crippen molar-refractivity contribution in [2.75, 3.05) is 6.54 Å². The van der Waals surface area contributed by atoms with Gasteiger partial charge in [0.15, 0.2) is 0 Å². The van der Waals surface area contributed by atoms with Gasteiger partial charge in [0.25, 0.3) is 0 Å². The summed E-state index contributed by atoms with van der Waals surface area (Å²) < 4.78 is 0. The quantitative estimate of drug-likeness (QED) is 0.580. The zero-order chi connectivity index (χ0) is 7.40. The molecule has 0 spiro atoms. The van der Waals surface area contributed by atoms with Gasteiger partial charge in [0.05, 0.1) is 0 Å². The minimum absolute atomic E-state index is 0.965.